The van der Waals surface area contributed by atoms with E-state index >= 15 is 0 Å². The lowest BCUT2D eigenvalue weighted by molar-refractivity contribution is -0.384. The van der Waals surface area contributed by atoms with Crippen molar-refractivity contribution in [1.82, 2.24) is 0 Å². The van der Waals surface area contributed by atoms with Crippen molar-refractivity contribution in [3.8, 4) is 5.75 Å². The Morgan fingerprint density at radius 1 is 1.23 bits per heavy atom. The predicted octanol–water partition coefficient (Wildman–Crippen LogP) is 3.10. The first kappa shape index (κ1) is 16.1. The number of halogens is 1. The first-order valence-corrected chi connectivity index (χ1v) is 6.98. The van der Waals surface area contributed by atoms with E-state index in [1.807, 2.05) is 0 Å². The number of rotatable bonds is 7. The molecule has 6 nitrogen and oxygen atoms in total. The third-order valence-corrected chi connectivity index (χ3v) is 3.14. The molecule has 0 aliphatic rings. The number of aliphatic hydroxyl groups excluding tert-OH is 1. The number of nitro benzene ring substituents is 1. The zero-order chi connectivity index (χ0) is 15.9. The van der Waals surface area contributed by atoms with Gasteiger partial charge in [-0.1, -0.05) is 23.7 Å². The number of para-hydroxylation sites is 2. The fourth-order valence-electron chi connectivity index (χ4n) is 1.79. The van der Waals surface area contributed by atoms with Gasteiger partial charge in [-0.05, 0) is 30.3 Å². The number of nitro groups is 1. The summed E-state index contributed by atoms with van der Waals surface area (Å²) in [6.45, 7) is 0.202. The van der Waals surface area contributed by atoms with E-state index in [1.54, 1.807) is 42.5 Å². The molecule has 0 spiro atoms. The van der Waals surface area contributed by atoms with Gasteiger partial charge in [-0.3, -0.25) is 10.1 Å². The predicted molar refractivity (Wildman–Crippen MR) is 84.5 cm³/mol. The van der Waals surface area contributed by atoms with Crippen LogP contribution in [0.4, 0.5) is 11.4 Å². The van der Waals surface area contributed by atoms with Crippen molar-refractivity contribution in [2.24, 2.45) is 0 Å². The average Bonchev–Trinajstić information content (AvgIpc) is 2.52. The Kier molecular flexibility index (Phi) is 5.57. The van der Waals surface area contributed by atoms with E-state index in [9.17, 15) is 15.2 Å². The molecular weight excluding hydrogens is 308 g/mol. The molecule has 1 unspecified atom stereocenters. The second-order valence-electron chi connectivity index (χ2n) is 4.57. The summed E-state index contributed by atoms with van der Waals surface area (Å²) in [4.78, 5) is 10.4. The summed E-state index contributed by atoms with van der Waals surface area (Å²) in [5, 5.41) is 24.2. The maximum absolute atomic E-state index is 10.9. The lowest BCUT2D eigenvalue weighted by Crippen LogP contribution is -2.26. The molecule has 2 N–H and O–H groups in total. The molecule has 0 saturated carbocycles. The Morgan fingerprint density at radius 2 is 1.91 bits per heavy atom. The summed E-state index contributed by atoms with van der Waals surface area (Å²) >= 11 is 5.76. The second-order valence-corrected chi connectivity index (χ2v) is 5.01. The molecule has 7 heteroatoms. The molecule has 0 aliphatic heterocycles. The van der Waals surface area contributed by atoms with Gasteiger partial charge in [0.1, 0.15) is 24.1 Å². The van der Waals surface area contributed by atoms with Crippen LogP contribution in [0.25, 0.3) is 0 Å². The average molecular weight is 323 g/mol. The number of ether oxygens (including phenoxy) is 1. The quantitative estimate of drug-likeness (QED) is 0.604. The van der Waals surface area contributed by atoms with Gasteiger partial charge in [-0.25, -0.2) is 0 Å². The second kappa shape index (κ2) is 7.63. The Morgan fingerprint density at radius 3 is 2.59 bits per heavy atom. The zero-order valence-electron chi connectivity index (χ0n) is 11.6. The first-order valence-electron chi connectivity index (χ1n) is 6.60. The van der Waals surface area contributed by atoms with Crippen LogP contribution < -0.4 is 10.1 Å². The minimum atomic E-state index is -0.810. The van der Waals surface area contributed by atoms with Gasteiger partial charge in [0, 0.05) is 17.6 Å². The molecule has 22 heavy (non-hydrogen) atoms. The fraction of sp³-hybridized carbons (Fsp3) is 0.200. The van der Waals surface area contributed by atoms with Gasteiger partial charge in [0.05, 0.1) is 4.92 Å². The van der Waals surface area contributed by atoms with Gasteiger partial charge in [0.25, 0.3) is 5.69 Å². The fourth-order valence-corrected chi connectivity index (χ4v) is 1.92. The highest BCUT2D eigenvalue weighted by Crippen LogP contribution is 2.23. The van der Waals surface area contributed by atoms with Gasteiger partial charge >= 0.3 is 0 Å². The van der Waals surface area contributed by atoms with Crippen molar-refractivity contribution >= 4 is 23.0 Å². The molecular formula is C15H15ClN2O4. The van der Waals surface area contributed by atoms with Crippen molar-refractivity contribution in [1.29, 1.82) is 0 Å². The van der Waals surface area contributed by atoms with E-state index in [4.69, 9.17) is 16.3 Å². The summed E-state index contributed by atoms with van der Waals surface area (Å²) in [5.74, 6) is 0.592. The van der Waals surface area contributed by atoms with Crippen LogP contribution in [0, 0.1) is 10.1 Å². The number of anilines is 1. The molecule has 2 aromatic carbocycles. The van der Waals surface area contributed by atoms with Crippen molar-refractivity contribution in [2.45, 2.75) is 6.10 Å². The lowest BCUT2D eigenvalue weighted by atomic mass is 10.2. The summed E-state index contributed by atoms with van der Waals surface area (Å²) in [6.07, 6.45) is -0.810. The smallest absolute Gasteiger partial charge is 0.292 e. The number of hydrogen-bond donors (Lipinski definition) is 2. The van der Waals surface area contributed by atoms with Crippen molar-refractivity contribution in [2.75, 3.05) is 18.5 Å². The van der Waals surface area contributed by atoms with Crippen LogP contribution in [0.15, 0.2) is 48.5 Å². The first-order chi connectivity index (χ1) is 10.6. The van der Waals surface area contributed by atoms with Crippen LogP contribution in [-0.4, -0.2) is 29.3 Å². The summed E-state index contributed by atoms with van der Waals surface area (Å²) < 4.78 is 5.41. The molecule has 2 aromatic rings. The molecule has 0 saturated heterocycles. The van der Waals surface area contributed by atoms with E-state index in [2.05, 4.69) is 5.32 Å². The van der Waals surface area contributed by atoms with E-state index in [-0.39, 0.29) is 18.8 Å². The van der Waals surface area contributed by atoms with Crippen molar-refractivity contribution in [3.05, 3.63) is 63.7 Å². The Balaban J connectivity index is 1.84. The normalized spacial score (nSPS) is 11.7. The largest absolute Gasteiger partial charge is 0.491 e. The van der Waals surface area contributed by atoms with E-state index < -0.39 is 11.0 Å². The van der Waals surface area contributed by atoms with Gasteiger partial charge < -0.3 is 15.2 Å². The Hall–Kier alpha value is -2.31. The third-order valence-electron chi connectivity index (χ3n) is 2.88. The van der Waals surface area contributed by atoms with Crippen LogP contribution in [0.3, 0.4) is 0 Å². The lowest BCUT2D eigenvalue weighted by Gasteiger charge is -2.14. The molecule has 1 atom stereocenters. The number of nitrogens with one attached hydrogen (secondary N) is 1. The highest BCUT2D eigenvalue weighted by molar-refractivity contribution is 6.30. The van der Waals surface area contributed by atoms with Gasteiger partial charge in [0.15, 0.2) is 0 Å². The monoisotopic (exact) mass is 322 g/mol. The van der Waals surface area contributed by atoms with E-state index in [0.29, 0.717) is 16.5 Å². The number of benzene rings is 2. The van der Waals surface area contributed by atoms with Crippen LogP contribution >= 0.6 is 11.6 Å². The maximum atomic E-state index is 10.9. The van der Waals surface area contributed by atoms with Crippen molar-refractivity contribution in [3.63, 3.8) is 0 Å². The Labute approximate surface area is 132 Å². The van der Waals surface area contributed by atoms with Gasteiger partial charge in [-0.2, -0.15) is 0 Å². The summed E-state index contributed by atoms with van der Waals surface area (Å²) in [7, 11) is 0. The molecule has 0 fully saturated rings. The highest BCUT2D eigenvalue weighted by Gasteiger charge is 2.13. The molecule has 0 amide bonds. The highest BCUT2D eigenvalue weighted by atomic mass is 35.5. The summed E-state index contributed by atoms with van der Waals surface area (Å²) in [6, 6.07) is 13.0. The van der Waals surface area contributed by atoms with E-state index in [0.717, 1.165) is 0 Å². The molecule has 2 rings (SSSR count). The molecule has 116 valence electrons. The van der Waals surface area contributed by atoms with Crippen molar-refractivity contribution < 1.29 is 14.8 Å². The molecule has 0 aliphatic carbocycles. The van der Waals surface area contributed by atoms with Gasteiger partial charge in [0.2, 0.25) is 0 Å². The van der Waals surface area contributed by atoms with Gasteiger partial charge in [-0.15, -0.1) is 0 Å². The van der Waals surface area contributed by atoms with Crippen LogP contribution in [0.1, 0.15) is 0 Å². The maximum Gasteiger partial charge on any atom is 0.292 e. The van der Waals surface area contributed by atoms with Crippen LogP contribution in [0.2, 0.25) is 5.02 Å². The SMILES string of the molecule is O=[N+]([O-])c1ccccc1NCC(O)COc1ccc(Cl)cc1. The van der Waals surface area contributed by atoms with Crippen LogP contribution in [-0.2, 0) is 0 Å². The minimum Gasteiger partial charge on any atom is -0.491 e. The number of hydrogen-bond acceptors (Lipinski definition) is 5. The number of nitrogens with zero attached hydrogens (tertiary/aromatic N) is 1. The molecule has 0 radical (unpaired) electrons. The molecule has 0 bridgehead atoms. The van der Waals surface area contributed by atoms with Crippen LogP contribution in [0.5, 0.6) is 5.75 Å². The summed E-state index contributed by atoms with van der Waals surface area (Å²) in [5.41, 5.74) is 0.325. The molecule has 0 aromatic heterocycles. The van der Waals surface area contributed by atoms with E-state index in [1.165, 1.54) is 6.07 Å². The zero-order valence-corrected chi connectivity index (χ0v) is 12.4. The Bertz CT molecular complexity index is 634. The topological polar surface area (TPSA) is 84.6 Å². The minimum absolute atomic E-state index is 0.0340. The molecule has 0 heterocycles. The number of aliphatic hydroxyl groups is 1. The third kappa shape index (κ3) is 4.61. The standard InChI is InChI=1S/C15H15ClN2O4/c16-11-5-7-13(8-6-11)22-10-12(19)9-17-14-3-1-2-4-15(14)18(20)21/h1-8,12,17,19H,9-10H2.